The lowest BCUT2D eigenvalue weighted by Crippen LogP contribution is -2.24. The Kier molecular flexibility index (Phi) is 5.13. The predicted octanol–water partition coefficient (Wildman–Crippen LogP) is 3.97. The summed E-state index contributed by atoms with van der Waals surface area (Å²) in [6.07, 6.45) is 0. The van der Waals surface area contributed by atoms with Crippen LogP contribution in [0.2, 0.25) is 0 Å². The smallest absolute Gasteiger partial charge is 0.207 e. The van der Waals surface area contributed by atoms with Crippen molar-refractivity contribution in [3.8, 4) is 0 Å². The summed E-state index contributed by atoms with van der Waals surface area (Å²) in [6.45, 7) is -0.267. The summed E-state index contributed by atoms with van der Waals surface area (Å²) in [5, 5.41) is 0. The monoisotopic (exact) mass is 439 g/mol. The summed E-state index contributed by atoms with van der Waals surface area (Å²) >= 11 is 6.39. The molecule has 2 aromatic rings. The molecule has 0 unspecified atom stereocenters. The molecule has 0 fully saturated rings. The molecule has 1 N–H and O–H groups in total. The van der Waals surface area contributed by atoms with Crippen molar-refractivity contribution in [2.24, 2.45) is 0 Å². The number of sulfonamides is 1. The van der Waals surface area contributed by atoms with Gasteiger partial charge in [0.25, 0.3) is 0 Å². The zero-order valence-corrected chi connectivity index (χ0v) is 14.4. The highest BCUT2D eigenvalue weighted by Gasteiger charge is 2.18. The van der Waals surface area contributed by atoms with E-state index in [4.69, 9.17) is 0 Å². The Hall–Kier alpha value is -0.830. The third-order valence-corrected chi connectivity index (χ3v) is 5.52. The normalized spacial score (nSPS) is 11.6. The van der Waals surface area contributed by atoms with E-state index in [0.29, 0.717) is 10.5 Å². The number of benzene rings is 2. The van der Waals surface area contributed by atoms with Crippen molar-refractivity contribution in [2.75, 3.05) is 0 Å². The molecule has 0 spiro atoms. The van der Waals surface area contributed by atoms with Gasteiger partial charge in [-0.1, -0.05) is 22.0 Å². The summed E-state index contributed by atoms with van der Waals surface area (Å²) in [5.41, 5.74) is 0.0632. The lowest BCUT2D eigenvalue weighted by molar-refractivity contribution is 0.562. The van der Waals surface area contributed by atoms with Crippen molar-refractivity contribution in [1.29, 1.82) is 0 Å². The van der Waals surface area contributed by atoms with Crippen molar-refractivity contribution in [3.05, 3.63) is 62.5 Å². The van der Waals surface area contributed by atoms with Gasteiger partial charge in [-0.15, -0.1) is 0 Å². The largest absolute Gasteiger partial charge is 0.241 e. The zero-order valence-electron chi connectivity index (χ0n) is 10.4. The highest BCUT2D eigenvalue weighted by atomic mass is 79.9. The first-order valence-electron chi connectivity index (χ1n) is 5.68. The first kappa shape index (κ1) is 16.5. The minimum Gasteiger partial charge on any atom is -0.207 e. The van der Waals surface area contributed by atoms with Gasteiger partial charge in [-0.2, -0.15) is 0 Å². The lowest BCUT2D eigenvalue weighted by atomic mass is 10.2. The van der Waals surface area contributed by atoms with Crippen LogP contribution in [0.3, 0.4) is 0 Å². The fourth-order valence-electron chi connectivity index (χ4n) is 1.61. The number of halogens is 4. The Labute approximate surface area is 137 Å². The van der Waals surface area contributed by atoms with Crippen LogP contribution in [-0.2, 0) is 16.6 Å². The molecule has 0 atom stereocenters. The lowest BCUT2D eigenvalue weighted by Gasteiger charge is -2.09. The van der Waals surface area contributed by atoms with Crippen molar-refractivity contribution < 1.29 is 17.2 Å². The Balaban J connectivity index is 2.22. The van der Waals surface area contributed by atoms with E-state index in [1.54, 1.807) is 12.1 Å². The highest BCUT2D eigenvalue weighted by molar-refractivity contribution is 9.11. The molecule has 0 saturated heterocycles. The van der Waals surface area contributed by atoms with Gasteiger partial charge in [0, 0.05) is 27.1 Å². The van der Waals surface area contributed by atoms with Crippen molar-refractivity contribution >= 4 is 41.9 Å². The quantitative estimate of drug-likeness (QED) is 0.781. The minimum absolute atomic E-state index is 0.0354. The van der Waals surface area contributed by atoms with Crippen molar-refractivity contribution in [1.82, 2.24) is 4.72 Å². The second-order valence-electron chi connectivity index (χ2n) is 4.14. The first-order valence-corrected chi connectivity index (χ1v) is 8.75. The van der Waals surface area contributed by atoms with Gasteiger partial charge in [0.1, 0.15) is 11.6 Å². The average Bonchev–Trinajstić information content (AvgIpc) is 2.37. The molecule has 21 heavy (non-hydrogen) atoms. The van der Waals surface area contributed by atoms with E-state index in [9.17, 15) is 17.2 Å². The fraction of sp³-hybridized carbons (Fsp3) is 0.0769. The van der Waals surface area contributed by atoms with Gasteiger partial charge in [-0.25, -0.2) is 21.9 Å². The van der Waals surface area contributed by atoms with Gasteiger partial charge in [0.15, 0.2) is 0 Å². The van der Waals surface area contributed by atoms with Crippen LogP contribution in [-0.4, -0.2) is 8.42 Å². The molecule has 0 bridgehead atoms. The third-order valence-electron chi connectivity index (χ3n) is 2.65. The average molecular weight is 441 g/mol. The molecule has 2 aromatic carbocycles. The molecule has 0 saturated carbocycles. The van der Waals surface area contributed by atoms with Gasteiger partial charge < -0.3 is 0 Å². The minimum atomic E-state index is -3.81. The van der Waals surface area contributed by atoms with Gasteiger partial charge in [-0.05, 0) is 40.2 Å². The maximum Gasteiger partial charge on any atom is 0.241 e. The van der Waals surface area contributed by atoms with Crippen LogP contribution in [0.15, 0.2) is 50.2 Å². The summed E-state index contributed by atoms with van der Waals surface area (Å²) in [4.78, 5) is 0.0354. The van der Waals surface area contributed by atoms with Crippen LogP contribution in [0.5, 0.6) is 0 Å². The maximum atomic E-state index is 13.5. The maximum absolute atomic E-state index is 13.5. The Morgan fingerprint density at radius 3 is 2.38 bits per heavy atom. The van der Waals surface area contributed by atoms with Crippen molar-refractivity contribution in [3.63, 3.8) is 0 Å². The van der Waals surface area contributed by atoms with Crippen LogP contribution in [0.1, 0.15) is 5.56 Å². The number of nitrogens with one attached hydrogen (secondary N) is 1. The SMILES string of the molecule is O=S(=O)(NCc1ccc(F)cc1F)c1ccc(Br)cc1Br. The summed E-state index contributed by atoms with van der Waals surface area (Å²) in [7, 11) is -3.81. The van der Waals surface area contributed by atoms with Gasteiger partial charge in [-0.3, -0.25) is 0 Å². The van der Waals surface area contributed by atoms with Crippen LogP contribution in [0.4, 0.5) is 8.78 Å². The van der Waals surface area contributed by atoms with Crippen LogP contribution < -0.4 is 4.72 Å². The molecule has 0 radical (unpaired) electrons. The molecule has 0 aliphatic rings. The second-order valence-corrected chi connectivity index (χ2v) is 7.64. The van der Waals surface area contributed by atoms with Gasteiger partial charge in [0.05, 0.1) is 4.90 Å². The van der Waals surface area contributed by atoms with E-state index in [0.717, 1.165) is 10.5 Å². The molecular formula is C13H9Br2F2NO2S. The molecular weight excluding hydrogens is 432 g/mol. The molecule has 0 heterocycles. The Morgan fingerprint density at radius 1 is 1.05 bits per heavy atom. The Bertz CT molecular complexity index is 782. The molecule has 0 aliphatic heterocycles. The molecule has 3 nitrogen and oxygen atoms in total. The number of hydrogen-bond donors (Lipinski definition) is 1. The second kappa shape index (κ2) is 6.51. The third kappa shape index (κ3) is 4.09. The fourth-order valence-corrected chi connectivity index (χ4v) is 4.36. The molecule has 0 aromatic heterocycles. The molecule has 2 rings (SSSR count). The van der Waals surface area contributed by atoms with Crippen LogP contribution >= 0.6 is 31.9 Å². The standard InChI is InChI=1S/C13H9Br2F2NO2S/c14-9-2-4-13(11(15)5-9)21(19,20)18-7-8-1-3-10(16)6-12(8)17/h1-6,18H,7H2. The van der Waals surface area contributed by atoms with E-state index in [1.165, 1.54) is 12.1 Å². The number of rotatable bonds is 4. The first-order chi connectivity index (χ1) is 9.79. The summed E-state index contributed by atoms with van der Waals surface area (Å²) in [6, 6.07) is 7.56. The molecule has 8 heteroatoms. The summed E-state index contributed by atoms with van der Waals surface area (Å²) in [5.74, 6) is -1.51. The zero-order chi connectivity index (χ0) is 15.6. The van der Waals surface area contributed by atoms with Crippen molar-refractivity contribution in [2.45, 2.75) is 11.4 Å². The van der Waals surface area contributed by atoms with E-state index >= 15 is 0 Å². The topological polar surface area (TPSA) is 46.2 Å². The van der Waals surface area contributed by atoms with E-state index < -0.39 is 21.7 Å². The Morgan fingerprint density at radius 2 is 1.76 bits per heavy atom. The van der Waals surface area contributed by atoms with E-state index in [-0.39, 0.29) is 17.0 Å². The molecule has 0 aliphatic carbocycles. The molecule has 0 amide bonds. The van der Waals surface area contributed by atoms with E-state index in [1.807, 2.05) is 0 Å². The van der Waals surface area contributed by atoms with Crippen LogP contribution in [0, 0.1) is 11.6 Å². The van der Waals surface area contributed by atoms with Gasteiger partial charge in [0.2, 0.25) is 10.0 Å². The van der Waals surface area contributed by atoms with Crippen LogP contribution in [0.25, 0.3) is 0 Å². The predicted molar refractivity (Wildman–Crippen MR) is 82.2 cm³/mol. The highest BCUT2D eigenvalue weighted by Crippen LogP contribution is 2.25. The number of hydrogen-bond acceptors (Lipinski definition) is 2. The van der Waals surface area contributed by atoms with Gasteiger partial charge >= 0.3 is 0 Å². The summed E-state index contributed by atoms with van der Waals surface area (Å²) < 4.78 is 54.0. The van der Waals surface area contributed by atoms with E-state index in [2.05, 4.69) is 36.6 Å². The molecule has 112 valence electrons.